The van der Waals surface area contributed by atoms with Crippen LogP contribution in [0.15, 0.2) is 24.5 Å². The van der Waals surface area contributed by atoms with Gasteiger partial charge in [0, 0.05) is 11.2 Å². The molecular weight excluding hydrogens is 264 g/mol. The third-order valence-corrected chi connectivity index (χ3v) is 3.10. The van der Waals surface area contributed by atoms with Crippen molar-refractivity contribution in [3.05, 3.63) is 24.5 Å². The number of nitrogens with zero attached hydrogens (tertiary/aromatic N) is 1. The van der Waals surface area contributed by atoms with E-state index in [1.165, 1.54) is 0 Å². The zero-order valence-corrected chi connectivity index (χ0v) is 13.4. The van der Waals surface area contributed by atoms with Gasteiger partial charge in [0.15, 0.2) is 0 Å². The summed E-state index contributed by atoms with van der Waals surface area (Å²) in [7, 11) is 0. The van der Waals surface area contributed by atoms with Crippen LogP contribution < -0.4 is 10.6 Å². The molecule has 3 N–H and O–H groups in total. The summed E-state index contributed by atoms with van der Waals surface area (Å²) in [6, 6.07) is 5.41. The van der Waals surface area contributed by atoms with Crippen molar-refractivity contribution in [3.63, 3.8) is 0 Å². The number of benzene rings is 1. The smallest absolute Gasteiger partial charge is 0.319 e. The Balaban J connectivity index is 2.00. The monoisotopic (exact) mass is 288 g/mol. The van der Waals surface area contributed by atoms with E-state index in [0.29, 0.717) is 0 Å². The van der Waals surface area contributed by atoms with Crippen molar-refractivity contribution in [3.8, 4) is 0 Å². The van der Waals surface area contributed by atoms with E-state index in [2.05, 4.69) is 41.4 Å². The minimum Gasteiger partial charge on any atom is -0.345 e. The second kappa shape index (κ2) is 5.39. The zero-order chi connectivity index (χ0) is 15.7. The number of nitrogens with one attached hydrogen (secondary N) is 3. The highest BCUT2D eigenvalue weighted by Crippen LogP contribution is 2.26. The average molecular weight is 288 g/mol. The summed E-state index contributed by atoms with van der Waals surface area (Å²) < 4.78 is 0. The summed E-state index contributed by atoms with van der Waals surface area (Å²) in [5.74, 6) is 0. The van der Waals surface area contributed by atoms with Crippen LogP contribution in [0.5, 0.6) is 0 Å². The molecule has 0 aliphatic heterocycles. The Bertz CT molecular complexity index is 637. The van der Waals surface area contributed by atoms with Gasteiger partial charge in [-0.25, -0.2) is 9.78 Å². The van der Waals surface area contributed by atoms with Gasteiger partial charge < -0.3 is 15.6 Å². The Morgan fingerprint density at radius 2 is 1.95 bits per heavy atom. The van der Waals surface area contributed by atoms with Gasteiger partial charge in [0.2, 0.25) is 0 Å². The Kier molecular flexibility index (Phi) is 3.94. The predicted molar refractivity (Wildman–Crippen MR) is 86.4 cm³/mol. The maximum Gasteiger partial charge on any atom is 0.319 e. The predicted octanol–water partition coefficient (Wildman–Crippen LogP) is 3.90. The molecular formula is C16H24N4O. The van der Waals surface area contributed by atoms with Crippen LogP contribution in [-0.4, -0.2) is 21.5 Å². The van der Waals surface area contributed by atoms with E-state index in [1.54, 1.807) is 6.33 Å². The second-order valence-corrected chi connectivity index (χ2v) is 7.33. The molecule has 0 saturated heterocycles. The van der Waals surface area contributed by atoms with Gasteiger partial charge in [-0.05, 0) is 43.9 Å². The van der Waals surface area contributed by atoms with Crippen molar-refractivity contribution in [1.29, 1.82) is 0 Å². The third-order valence-electron chi connectivity index (χ3n) is 3.10. The van der Waals surface area contributed by atoms with Crippen LogP contribution in [0.25, 0.3) is 11.0 Å². The number of hydrogen-bond acceptors (Lipinski definition) is 2. The fraction of sp³-hybridized carbons (Fsp3) is 0.500. The topological polar surface area (TPSA) is 69.8 Å². The number of fused-ring (bicyclic) bond motifs is 1. The molecule has 0 bridgehead atoms. The number of imidazole rings is 1. The van der Waals surface area contributed by atoms with Crippen molar-refractivity contribution in [2.24, 2.45) is 5.41 Å². The Hall–Kier alpha value is -2.04. The number of amides is 2. The first kappa shape index (κ1) is 15.4. The molecule has 1 aromatic carbocycles. The summed E-state index contributed by atoms with van der Waals surface area (Å²) in [4.78, 5) is 19.3. The van der Waals surface area contributed by atoms with Gasteiger partial charge in [0.25, 0.3) is 0 Å². The van der Waals surface area contributed by atoms with Gasteiger partial charge >= 0.3 is 6.03 Å². The molecule has 0 radical (unpaired) electrons. The molecule has 0 spiro atoms. The van der Waals surface area contributed by atoms with Gasteiger partial charge in [-0.1, -0.05) is 20.8 Å². The molecule has 0 unspecified atom stereocenters. The number of aromatic nitrogens is 2. The first-order valence-electron chi connectivity index (χ1n) is 7.17. The summed E-state index contributed by atoms with van der Waals surface area (Å²) >= 11 is 0. The molecule has 2 aromatic rings. The van der Waals surface area contributed by atoms with E-state index < -0.39 is 0 Å². The number of carbonyl (C=O) groups excluding carboxylic acids is 1. The molecule has 2 amide bonds. The first-order chi connectivity index (χ1) is 9.65. The van der Waals surface area contributed by atoms with E-state index >= 15 is 0 Å². The van der Waals surface area contributed by atoms with Gasteiger partial charge in [-0.2, -0.15) is 0 Å². The number of anilines is 1. The lowest BCUT2D eigenvalue weighted by molar-refractivity contribution is 0.220. The molecule has 21 heavy (non-hydrogen) atoms. The number of carbonyl (C=O) groups is 1. The molecule has 0 saturated carbocycles. The second-order valence-electron chi connectivity index (χ2n) is 7.33. The number of H-pyrrole nitrogens is 1. The van der Waals surface area contributed by atoms with Gasteiger partial charge in [-0.15, -0.1) is 0 Å². The van der Waals surface area contributed by atoms with Gasteiger partial charge in [-0.3, -0.25) is 0 Å². The highest BCUT2D eigenvalue weighted by atomic mass is 16.2. The minimum absolute atomic E-state index is 0.158. The standard InChI is InChI=1S/C16H24N4O/c1-15(2,3)9-16(4,5)20-14(21)19-11-6-7-12-13(8-11)18-10-17-12/h6-8,10H,9H2,1-5H3,(H,17,18)(H2,19,20,21). The number of aromatic amines is 1. The Labute approximate surface area is 125 Å². The highest BCUT2D eigenvalue weighted by Gasteiger charge is 2.26. The molecule has 0 aliphatic carbocycles. The number of hydrogen-bond donors (Lipinski definition) is 3. The largest absolute Gasteiger partial charge is 0.345 e. The fourth-order valence-corrected chi connectivity index (χ4v) is 2.85. The lowest BCUT2D eigenvalue weighted by Gasteiger charge is -2.33. The van der Waals surface area contributed by atoms with E-state index in [9.17, 15) is 4.79 Å². The van der Waals surface area contributed by atoms with Crippen molar-refractivity contribution in [2.45, 2.75) is 46.6 Å². The van der Waals surface area contributed by atoms with E-state index in [0.717, 1.165) is 23.1 Å². The number of rotatable bonds is 3. The molecule has 5 heteroatoms. The van der Waals surface area contributed by atoms with Gasteiger partial charge in [0.1, 0.15) is 0 Å². The fourth-order valence-electron chi connectivity index (χ4n) is 2.85. The van der Waals surface area contributed by atoms with E-state index in [-0.39, 0.29) is 17.0 Å². The average Bonchev–Trinajstić information content (AvgIpc) is 2.71. The molecule has 5 nitrogen and oxygen atoms in total. The molecule has 2 rings (SSSR count). The van der Waals surface area contributed by atoms with Crippen LogP contribution in [-0.2, 0) is 0 Å². The maximum atomic E-state index is 12.1. The summed E-state index contributed by atoms with van der Waals surface area (Å²) in [5.41, 5.74) is 2.43. The highest BCUT2D eigenvalue weighted by molar-refractivity contribution is 5.92. The molecule has 0 aliphatic rings. The Morgan fingerprint density at radius 1 is 1.24 bits per heavy atom. The van der Waals surface area contributed by atoms with Crippen LogP contribution in [0.3, 0.4) is 0 Å². The van der Waals surface area contributed by atoms with Crippen LogP contribution in [0.1, 0.15) is 41.0 Å². The Morgan fingerprint density at radius 3 is 2.62 bits per heavy atom. The zero-order valence-electron chi connectivity index (χ0n) is 13.4. The van der Waals surface area contributed by atoms with Crippen LogP contribution >= 0.6 is 0 Å². The van der Waals surface area contributed by atoms with Crippen LogP contribution in [0.2, 0.25) is 0 Å². The van der Waals surface area contributed by atoms with Crippen molar-refractivity contribution >= 4 is 22.8 Å². The first-order valence-corrected chi connectivity index (χ1v) is 7.17. The van der Waals surface area contributed by atoms with Crippen LogP contribution in [0.4, 0.5) is 10.5 Å². The quantitative estimate of drug-likeness (QED) is 0.801. The molecule has 1 heterocycles. The van der Waals surface area contributed by atoms with Crippen molar-refractivity contribution in [1.82, 2.24) is 15.3 Å². The molecule has 114 valence electrons. The summed E-state index contributed by atoms with van der Waals surface area (Å²) in [6.45, 7) is 10.6. The van der Waals surface area contributed by atoms with Crippen molar-refractivity contribution < 1.29 is 4.79 Å². The maximum absolute atomic E-state index is 12.1. The minimum atomic E-state index is -0.263. The van der Waals surface area contributed by atoms with E-state index in [4.69, 9.17) is 0 Å². The van der Waals surface area contributed by atoms with Crippen molar-refractivity contribution in [2.75, 3.05) is 5.32 Å². The normalized spacial score (nSPS) is 12.4. The molecule has 0 atom stereocenters. The lowest BCUT2D eigenvalue weighted by Crippen LogP contribution is -2.47. The molecule has 0 fully saturated rings. The summed E-state index contributed by atoms with van der Waals surface area (Å²) in [5, 5.41) is 5.90. The number of urea groups is 1. The van der Waals surface area contributed by atoms with E-state index in [1.807, 2.05) is 32.0 Å². The molecule has 1 aromatic heterocycles. The van der Waals surface area contributed by atoms with Crippen LogP contribution in [0, 0.1) is 5.41 Å². The summed E-state index contributed by atoms with van der Waals surface area (Å²) in [6.07, 6.45) is 2.54. The third kappa shape index (κ3) is 4.48. The van der Waals surface area contributed by atoms with Gasteiger partial charge in [0.05, 0.1) is 17.4 Å². The lowest BCUT2D eigenvalue weighted by atomic mass is 9.82. The SMILES string of the molecule is CC(C)(C)CC(C)(C)NC(=O)Nc1ccc2nc[nH]c2c1.